The first-order valence-electron chi connectivity index (χ1n) is 13.1. The van der Waals surface area contributed by atoms with Gasteiger partial charge in [0, 0.05) is 51.3 Å². The number of hydrogen-bond acceptors (Lipinski definition) is 6. The maximum absolute atomic E-state index is 13.5. The summed E-state index contributed by atoms with van der Waals surface area (Å²) in [6.45, 7) is 7.36. The normalized spacial score (nSPS) is 20.9. The number of benzene rings is 1. The van der Waals surface area contributed by atoms with Crippen molar-refractivity contribution in [2.24, 2.45) is 5.92 Å². The molecule has 1 aliphatic carbocycles. The van der Waals surface area contributed by atoms with Crippen LogP contribution < -0.4 is 0 Å². The highest BCUT2D eigenvalue weighted by Crippen LogP contribution is 2.29. The van der Waals surface area contributed by atoms with E-state index in [1.807, 2.05) is 29.7 Å². The van der Waals surface area contributed by atoms with Crippen molar-refractivity contribution in [2.45, 2.75) is 52.1 Å². The van der Waals surface area contributed by atoms with E-state index in [4.69, 9.17) is 4.74 Å². The van der Waals surface area contributed by atoms with Crippen LogP contribution in [0, 0.1) is 19.8 Å². The molecular formula is C27H35N5O4. The van der Waals surface area contributed by atoms with Gasteiger partial charge in [0.25, 0.3) is 5.91 Å². The minimum atomic E-state index is -0.237. The van der Waals surface area contributed by atoms with Gasteiger partial charge in [0.1, 0.15) is 6.54 Å². The van der Waals surface area contributed by atoms with Gasteiger partial charge in [-0.05, 0) is 63.6 Å². The molecule has 1 atom stereocenters. The lowest BCUT2D eigenvalue weighted by atomic mass is 10.1. The first kappa shape index (κ1) is 24.6. The number of rotatable bonds is 8. The number of hydrogen-bond donors (Lipinski definition) is 0. The Morgan fingerprint density at radius 2 is 1.75 bits per heavy atom. The second kappa shape index (κ2) is 10.5. The van der Waals surface area contributed by atoms with Crippen molar-refractivity contribution in [3.05, 3.63) is 35.2 Å². The number of aromatic nitrogens is 2. The van der Waals surface area contributed by atoms with E-state index in [9.17, 15) is 14.4 Å². The van der Waals surface area contributed by atoms with Crippen molar-refractivity contribution < 1.29 is 19.1 Å². The molecule has 1 aromatic heterocycles. The fraction of sp³-hybridized carbons (Fsp3) is 0.593. The summed E-state index contributed by atoms with van der Waals surface area (Å²) in [6, 6.07) is 5.33. The lowest BCUT2D eigenvalue weighted by Crippen LogP contribution is -2.40. The van der Waals surface area contributed by atoms with Crippen LogP contribution in [0.15, 0.2) is 18.2 Å². The Morgan fingerprint density at radius 3 is 2.47 bits per heavy atom. The second-order valence-corrected chi connectivity index (χ2v) is 10.4. The fourth-order valence-electron chi connectivity index (χ4n) is 4.95. The summed E-state index contributed by atoms with van der Waals surface area (Å²) < 4.78 is 6.20. The van der Waals surface area contributed by atoms with E-state index in [1.165, 1.54) is 12.8 Å². The van der Waals surface area contributed by atoms with Gasteiger partial charge in [-0.3, -0.25) is 14.4 Å². The van der Waals surface area contributed by atoms with Crippen LogP contribution in [0.5, 0.6) is 0 Å². The molecule has 9 nitrogen and oxygen atoms in total. The third kappa shape index (κ3) is 5.67. The van der Waals surface area contributed by atoms with E-state index in [0.29, 0.717) is 56.2 Å². The summed E-state index contributed by atoms with van der Waals surface area (Å²) in [5, 5.41) is 0. The smallest absolute Gasteiger partial charge is 0.254 e. The van der Waals surface area contributed by atoms with Crippen LogP contribution in [0.25, 0.3) is 11.0 Å². The zero-order chi connectivity index (χ0) is 25.2. The molecule has 2 aliphatic heterocycles. The second-order valence-electron chi connectivity index (χ2n) is 10.4. The maximum atomic E-state index is 13.5. The molecule has 0 bridgehead atoms. The molecule has 0 spiro atoms. The van der Waals surface area contributed by atoms with Crippen molar-refractivity contribution >= 4 is 28.8 Å². The van der Waals surface area contributed by atoms with Crippen LogP contribution in [-0.2, 0) is 14.3 Å². The van der Waals surface area contributed by atoms with Gasteiger partial charge in [-0.1, -0.05) is 0 Å². The molecule has 0 radical (unpaired) electrons. The lowest BCUT2D eigenvalue weighted by Gasteiger charge is -2.25. The Bertz CT molecular complexity index is 1160. The molecular weight excluding hydrogens is 458 g/mol. The van der Waals surface area contributed by atoms with E-state index in [0.717, 1.165) is 36.3 Å². The van der Waals surface area contributed by atoms with Crippen molar-refractivity contribution in [1.82, 2.24) is 24.7 Å². The highest BCUT2D eigenvalue weighted by Gasteiger charge is 2.33. The Labute approximate surface area is 211 Å². The Kier molecular flexibility index (Phi) is 7.18. The van der Waals surface area contributed by atoms with Crippen molar-refractivity contribution in [3.8, 4) is 0 Å². The largest absolute Gasteiger partial charge is 0.374 e. The van der Waals surface area contributed by atoms with Crippen LogP contribution in [0.3, 0.4) is 0 Å². The molecule has 3 fully saturated rings. The van der Waals surface area contributed by atoms with E-state index in [1.54, 1.807) is 17.0 Å². The average Bonchev–Trinajstić information content (AvgIpc) is 3.63. The van der Waals surface area contributed by atoms with Gasteiger partial charge in [-0.25, -0.2) is 9.97 Å². The Hall–Kier alpha value is -3.07. The van der Waals surface area contributed by atoms with Crippen molar-refractivity contribution in [1.29, 1.82) is 0 Å². The highest BCUT2D eigenvalue weighted by molar-refractivity contribution is 5.99. The predicted molar refractivity (Wildman–Crippen MR) is 134 cm³/mol. The number of likely N-dealkylation sites (tertiary alicyclic amines) is 1. The summed E-state index contributed by atoms with van der Waals surface area (Å²) in [5.74, 6) is 0.508. The topological polar surface area (TPSA) is 95.9 Å². The summed E-state index contributed by atoms with van der Waals surface area (Å²) in [7, 11) is 0. The van der Waals surface area contributed by atoms with Crippen LogP contribution in [0.1, 0.15) is 53.8 Å². The molecule has 192 valence electrons. The van der Waals surface area contributed by atoms with Gasteiger partial charge < -0.3 is 19.4 Å². The molecule has 1 unspecified atom stereocenters. The first-order chi connectivity index (χ1) is 17.4. The third-order valence-electron chi connectivity index (χ3n) is 7.43. The van der Waals surface area contributed by atoms with Crippen LogP contribution >= 0.6 is 0 Å². The van der Waals surface area contributed by atoms with Gasteiger partial charge >= 0.3 is 0 Å². The minimum Gasteiger partial charge on any atom is -0.374 e. The number of carbonyl (C=O) groups excluding carboxylic acids is 3. The summed E-state index contributed by atoms with van der Waals surface area (Å²) in [4.78, 5) is 53.1. The first-order valence-corrected chi connectivity index (χ1v) is 13.1. The summed E-state index contributed by atoms with van der Waals surface area (Å²) in [6.07, 6.45) is 4.38. The molecule has 3 heterocycles. The van der Waals surface area contributed by atoms with Gasteiger partial charge in [0.2, 0.25) is 11.8 Å². The molecule has 3 aliphatic rings. The maximum Gasteiger partial charge on any atom is 0.254 e. The number of ether oxygens (including phenoxy) is 1. The van der Waals surface area contributed by atoms with Gasteiger partial charge in [-0.15, -0.1) is 0 Å². The van der Waals surface area contributed by atoms with Gasteiger partial charge in [0.15, 0.2) is 0 Å². The van der Waals surface area contributed by atoms with E-state index < -0.39 is 0 Å². The van der Waals surface area contributed by atoms with Crippen molar-refractivity contribution in [2.75, 3.05) is 45.9 Å². The van der Waals surface area contributed by atoms with Crippen LogP contribution in [-0.4, -0.2) is 94.4 Å². The zero-order valence-corrected chi connectivity index (χ0v) is 21.2. The highest BCUT2D eigenvalue weighted by atomic mass is 16.5. The standard InChI is InChI=1S/C27H35N5O4/c1-18-19(2)29-24-13-21(8-9-23(24)28-18)27(35)32-15-22(36-17-20-6-7-20)14-31(26(34)16-32)12-4-11-30-10-3-5-25(30)33/h8-9,13,20,22H,3-7,10-12,14-17H2,1-2H3. The molecule has 5 rings (SSSR count). The summed E-state index contributed by atoms with van der Waals surface area (Å²) in [5.41, 5.74) is 3.61. The monoisotopic (exact) mass is 493 g/mol. The molecule has 2 saturated heterocycles. The number of aryl methyl sites for hydroxylation is 2. The van der Waals surface area contributed by atoms with E-state index in [2.05, 4.69) is 9.97 Å². The number of carbonyl (C=O) groups is 3. The summed E-state index contributed by atoms with van der Waals surface area (Å²) >= 11 is 0. The molecule has 2 aromatic rings. The SMILES string of the molecule is Cc1nc2ccc(C(=O)N3CC(=O)N(CCCN4CCCC4=O)CC(OCC4CC4)C3)cc2nc1C. The number of nitrogens with zero attached hydrogens (tertiary/aromatic N) is 5. The molecule has 36 heavy (non-hydrogen) atoms. The van der Waals surface area contributed by atoms with Crippen LogP contribution in [0.2, 0.25) is 0 Å². The molecule has 0 N–H and O–H groups in total. The third-order valence-corrected chi connectivity index (χ3v) is 7.43. The predicted octanol–water partition coefficient (Wildman–Crippen LogP) is 2.34. The molecule has 1 aromatic carbocycles. The zero-order valence-electron chi connectivity index (χ0n) is 21.2. The Balaban J connectivity index is 1.29. The number of amides is 3. The van der Waals surface area contributed by atoms with Gasteiger partial charge in [-0.2, -0.15) is 0 Å². The molecule has 1 saturated carbocycles. The lowest BCUT2D eigenvalue weighted by molar-refractivity contribution is -0.131. The minimum absolute atomic E-state index is 0.0153. The fourth-order valence-corrected chi connectivity index (χ4v) is 4.95. The molecule has 3 amide bonds. The van der Waals surface area contributed by atoms with E-state index in [-0.39, 0.29) is 30.4 Å². The van der Waals surface area contributed by atoms with Crippen molar-refractivity contribution in [3.63, 3.8) is 0 Å². The Morgan fingerprint density at radius 1 is 1.00 bits per heavy atom. The number of fused-ring (bicyclic) bond motifs is 1. The van der Waals surface area contributed by atoms with Gasteiger partial charge in [0.05, 0.1) is 28.5 Å². The van der Waals surface area contributed by atoms with E-state index >= 15 is 0 Å². The quantitative estimate of drug-likeness (QED) is 0.560. The average molecular weight is 494 g/mol. The molecule has 9 heteroatoms. The van der Waals surface area contributed by atoms with Crippen LogP contribution in [0.4, 0.5) is 0 Å².